The Bertz CT molecular complexity index is 544. The second kappa shape index (κ2) is 21.3. The van der Waals surface area contributed by atoms with Gasteiger partial charge in [0.25, 0.3) is 0 Å². The molecule has 3 aliphatic rings. The summed E-state index contributed by atoms with van der Waals surface area (Å²) in [5.41, 5.74) is 0. The molecule has 0 unspecified atom stereocenters. The quantitative estimate of drug-likeness (QED) is 0.163. The summed E-state index contributed by atoms with van der Waals surface area (Å²) in [6.45, 7) is 27.1. The summed E-state index contributed by atoms with van der Waals surface area (Å²) in [5.74, 6) is 0. The summed E-state index contributed by atoms with van der Waals surface area (Å²) in [4.78, 5) is 15.0. The lowest BCUT2D eigenvalue weighted by molar-refractivity contribution is 0.0277. The fourth-order valence-electron chi connectivity index (χ4n) is 5.40. The molecule has 10 nitrogen and oxygen atoms in total. The molecule has 0 bridgehead atoms. The fraction of sp³-hybridized carbons (Fsp3) is 1.00. The van der Waals surface area contributed by atoms with E-state index in [0.29, 0.717) is 26.4 Å². The molecule has 0 amide bonds. The predicted molar refractivity (Wildman–Crippen MR) is 157 cm³/mol. The van der Waals surface area contributed by atoms with E-state index in [1.54, 1.807) is 0 Å². The van der Waals surface area contributed by atoms with E-state index in [4.69, 9.17) is 18.9 Å². The van der Waals surface area contributed by atoms with E-state index in [1.807, 2.05) is 0 Å². The Balaban J connectivity index is 1.03. The van der Waals surface area contributed by atoms with Gasteiger partial charge in [-0.2, -0.15) is 0 Å². The van der Waals surface area contributed by atoms with E-state index in [9.17, 15) is 0 Å². The van der Waals surface area contributed by atoms with Gasteiger partial charge in [-0.1, -0.05) is 26.7 Å². The van der Waals surface area contributed by atoms with Crippen LogP contribution in [0.4, 0.5) is 0 Å². The molecule has 0 N–H and O–H groups in total. The Kier molecular flexibility index (Phi) is 18.1. The topological polar surface area (TPSA) is 56.4 Å². The van der Waals surface area contributed by atoms with Gasteiger partial charge in [-0.15, -0.1) is 0 Å². The lowest BCUT2D eigenvalue weighted by Crippen LogP contribution is -2.31. The Hall–Kier alpha value is -0.400. The second-order valence-electron chi connectivity index (χ2n) is 11.3. The smallest absolute Gasteiger partial charge is 0.0701 e. The summed E-state index contributed by atoms with van der Waals surface area (Å²) < 4.78 is 23.2. The van der Waals surface area contributed by atoms with Gasteiger partial charge >= 0.3 is 0 Å². The van der Waals surface area contributed by atoms with Gasteiger partial charge in [-0.25, -0.2) is 0 Å². The Morgan fingerprint density at radius 1 is 0.359 bits per heavy atom. The molecule has 39 heavy (non-hydrogen) atoms. The molecule has 0 radical (unpaired) electrons. The van der Waals surface area contributed by atoms with Gasteiger partial charge in [0.05, 0.1) is 72.9 Å². The van der Waals surface area contributed by atoms with Crippen molar-refractivity contribution in [1.29, 1.82) is 0 Å². The fourth-order valence-corrected chi connectivity index (χ4v) is 5.40. The summed E-state index contributed by atoms with van der Waals surface area (Å²) in [6, 6.07) is 0. The highest BCUT2D eigenvalue weighted by atomic mass is 16.5. The van der Waals surface area contributed by atoms with Crippen LogP contribution >= 0.6 is 0 Å². The molecular formula is C29H60N6O4. The van der Waals surface area contributed by atoms with Crippen LogP contribution in [0.25, 0.3) is 0 Å². The zero-order chi connectivity index (χ0) is 27.4. The molecule has 3 aliphatic heterocycles. The number of hydrogen-bond donors (Lipinski definition) is 0. The zero-order valence-electron chi connectivity index (χ0n) is 25.4. The van der Waals surface area contributed by atoms with E-state index < -0.39 is 0 Å². The first-order valence-electron chi connectivity index (χ1n) is 15.9. The normalized spacial score (nSPS) is 20.8. The van der Waals surface area contributed by atoms with Crippen LogP contribution in [0.3, 0.4) is 0 Å². The van der Waals surface area contributed by atoms with Crippen molar-refractivity contribution in [1.82, 2.24) is 29.4 Å². The van der Waals surface area contributed by atoms with Crippen molar-refractivity contribution in [3.8, 4) is 0 Å². The molecule has 3 fully saturated rings. The molecule has 3 rings (SSSR count). The van der Waals surface area contributed by atoms with Crippen molar-refractivity contribution < 1.29 is 18.9 Å². The van der Waals surface area contributed by atoms with Crippen LogP contribution in [0.2, 0.25) is 0 Å². The minimum atomic E-state index is 0.686. The summed E-state index contributed by atoms with van der Waals surface area (Å²) >= 11 is 0. The monoisotopic (exact) mass is 556 g/mol. The second-order valence-corrected chi connectivity index (χ2v) is 11.3. The van der Waals surface area contributed by atoms with Crippen LogP contribution in [-0.2, 0) is 18.9 Å². The van der Waals surface area contributed by atoms with Gasteiger partial charge in [0.1, 0.15) is 0 Å². The lowest BCUT2D eigenvalue weighted by atomic mass is 10.3. The number of unbranched alkanes of at least 4 members (excludes halogenated alkanes) is 2. The van der Waals surface area contributed by atoms with Crippen molar-refractivity contribution in [2.75, 3.05) is 151 Å². The van der Waals surface area contributed by atoms with Gasteiger partial charge in [0, 0.05) is 65.4 Å². The lowest BCUT2D eigenvalue weighted by Gasteiger charge is -2.19. The van der Waals surface area contributed by atoms with Crippen molar-refractivity contribution >= 4 is 0 Å². The first kappa shape index (κ1) is 33.1. The van der Waals surface area contributed by atoms with Crippen LogP contribution in [0.5, 0.6) is 0 Å². The maximum absolute atomic E-state index is 5.81. The van der Waals surface area contributed by atoms with Gasteiger partial charge < -0.3 is 18.9 Å². The highest BCUT2D eigenvalue weighted by Gasteiger charge is 2.20. The first-order chi connectivity index (χ1) is 19.3. The SMILES string of the molecule is CCCCN1CCN(CCOCCOCCN2CCN(CCOCCOCCN3CCN(CCCC)C3)C2)C1. The highest BCUT2D eigenvalue weighted by molar-refractivity contribution is 4.72. The van der Waals surface area contributed by atoms with Gasteiger partial charge in [-0.05, 0) is 25.9 Å². The molecule has 0 aromatic carbocycles. The maximum atomic E-state index is 5.81. The third-order valence-electron chi connectivity index (χ3n) is 8.00. The van der Waals surface area contributed by atoms with Crippen LogP contribution in [0.1, 0.15) is 39.5 Å². The molecule has 0 saturated carbocycles. The highest BCUT2D eigenvalue weighted by Crippen LogP contribution is 2.07. The van der Waals surface area contributed by atoms with E-state index >= 15 is 0 Å². The number of nitrogens with zero attached hydrogens (tertiary/aromatic N) is 6. The molecule has 0 aromatic rings. The Morgan fingerprint density at radius 2 is 0.615 bits per heavy atom. The molecular weight excluding hydrogens is 496 g/mol. The van der Waals surface area contributed by atoms with Gasteiger partial charge in [0.15, 0.2) is 0 Å². The molecule has 3 heterocycles. The van der Waals surface area contributed by atoms with Crippen molar-refractivity contribution in [3.05, 3.63) is 0 Å². The minimum Gasteiger partial charge on any atom is -0.378 e. The minimum absolute atomic E-state index is 0.686. The summed E-state index contributed by atoms with van der Waals surface area (Å²) in [6.07, 6.45) is 5.16. The van der Waals surface area contributed by atoms with E-state index in [0.717, 1.165) is 85.7 Å². The zero-order valence-corrected chi connectivity index (χ0v) is 25.4. The number of hydrogen-bond acceptors (Lipinski definition) is 10. The van der Waals surface area contributed by atoms with Crippen molar-refractivity contribution in [3.63, 3.8) is 0 Å². The predicted octanol–water partition coefficient (Wildman–Crippen LogP) is 1.38. The van der Waals surface area contributed by atoms with Gasteiger partial charge in [0.2, 0.25) is 0 Å². The van der Waals surface area contributed by atoms with Crippen LogP contribution in [0.15, 0.2) is 0 Å². The van der Waals surface area contributed by atoms with Crippen molar-refractivity contribution in [2.45, 2.75) is 39.5 Å². The Labute approximate surface area is 239 Å². The van der Waals surface area contributed by atoms with E-state index in [-0.39, 0.29) is 0 Å². The van der Waals surface area contributed by atoms with E-state index in [2.05, 4.69) is 43.2 Å². The van der Waals surface area contributed by atoms with E-state index in [1.165, 1.54) is 65.0 Å². The molecule has 10 heteroatoms. The third kappa shape index (κ3) is 14.9. The average molecular weight is 557 g/mol. The molecule has 0 aromatic heterocycles. The van der Waals surface area contributed by atoms with Gasteiger partial charge in [-0.3, -0.25) is 29.4 Å². The van der Waals surface area contributed by atoms with Crippen LogP contribution in [-0.4, -0.2) is 181 Å². The molecule has 0 atom stereocenters. The standard InChI is InChI=1S/C29H60N6O4/c1-3-5-7-30-9-11-32(27-30)15-19-36-23-25-38-21-17-34-13-14-35(29-34)18-22-39-26-24-37-20-16-33-12-10-31(28-33)8-6-4-2/h3-29H2,1-2H3. The average Bonchev–Trinajstić information content (AvgIpc) is 3.71. The Morgan fingerprint density at radius 3 is 0.872 bits per heavy atom. The third-order valence-corrected chi connectivity index (χ3v) is 8.00. The number of rotatable bonds is 24. The van der Waals surface area contributed by atoms with Crippen molar-refractivity contribution in [2.24, 2.45) is 0 Å². The first-order valence-corrected chi connectivity index (χ1v) is 15.9. The largest absolute Gasteiger partial charge is 0.378 e. The number of ether oxygens (including phenoxy) is 4. The summed E-state index contributed by atoms with van der Waals surface area (Å²) in [7, 11) is 0. The molecule has 0 aliphatic carbocycles. The maximum Gasteiger partial charge on any atom is 0.0701 e. The molecule has 0 spiro atoms. The molecule has 230 valence electrons. The summed E-state index contributed by atoms with van der Waals surface area (Å²) in [5, 5.41) is 0. The van der Waals surface area contributed by atoms with Crippen LogP contribution in [0, 0.1) is 0 Å². The van der Waals surface area contributed by atoms with Crippen LogP contribution < -0.4 is 0 Å². The molecule has 3 saturated heterocycles.